The third-order valence-corrected chi connectivity index (χ3v) is 12.1. The van der Waals surface area contributed by atoms with Gasteiger partial charge in [-0.2, -0.15) is 0 Å². The summed E-state index contributed by atoms with van der Waals surface area (Å²) in [5.74, 6) is 0.909. The SMILES string of the molecule is CN1c2nc3ccccc3n2-c2ccc(-n3c4ccccc4c4cc5c6ccccc6n(-c6ccccc6)c5cc43)cc2C1(c1ccccc1)c1ccccc1. The largest absolute Gasteiger partial charge is 0.327 e. The van der Waals surface area contributed by atoms with Crippen LogP contribution in [-0.4, -0.2) is 25.7 Å². The van der Waals surface area contributed by atoms with Crippen molar-refractivity contribution >= 4 is 60.6 Å². The van der Waals surface area contributed by atoms with Crippen molar-refractivity contribution in [3.63, 3.8) is 0 Å². The van der Waals surface area contributed by atoms with Crippen molar-refractivity contribution in [1.82, 2.24) is 18.7 Å². The molecule has 11 aromatic rings. The van der Waals surface area contributed by atoms with Crippen LogP contribution in [-0.2, 0) is 5.54 Å². The van der Waals surface area contributed by atoms with Crippen LogP contribution in [0.4, 0.5) is 5.95 Å². The van der Waals surface area contributed by atoms with Gasteiger partial charge in [-0.3, -0.25) is 4.57 Å². The first kappa shape index (κ1) is 31.0. The molecule has 1 aliphatic heterocycles. The Morgan fingerprint density at radius 3 is 1.54 bits per heavy atom. The minimum atomic E-state index is -0.684. The number of rotatable bonds is 4. The molecule has 0 atom stereocenters. The summed E-state index contributed by atoms with van der Waals surface area (Å²) in [5.41, 5.74) is 13.0. The molecule has 0 amide bonds. The van der Waals surface area contributed by atoms with Crippen LogP contribution < -0.4 is 4.90 Å². The predicted octanol–water partition coefficient (Wildman–Crippen LogP) is 12.0. The van der Waals surface area contributed by atoms with Crippen LogP contribution in [0.5, 0.6) is 0 Å². The van der Waals surface area contributed by atoms with Crippen molar-refractivity contribution in [2.24, 2.45) is 0 Å². The van der Waals surface area contributed by atoms with E-state index in [9.17, 15) is 0 Å². The van der Waals surface area contributed by atoms with E-state index in [1.807, 2.05) is 0 Å². The molecule has 56 heavy (non-hydrogen) atoms. The van der Waals surface area contributed by atoms with Gasteiger partial charge in [0.05, 0.1) is 38.8 Å². The van der Waals surface area contributed by atoms with E-state index in [2.05, 4.69) is 220 Å². The van der Waals surface area contributed by atoms with Crippen LogP contribution in [0.2, 0.25) is 0 Å². The summed E-state index contributed by atoms with van der Waals surface area (Å²) in [4.78, 5) is 7.68. The summed E-state index contributed by atoms with van der Waals surface area (Å²) in [6.45, 7) is 0. The fourth-order valence-corrected chi connectivity index (χ4v) is 9.74. The maximum Gasteiger partial charge on any atom is 0.212 e. The molecule has 5 heteroatoms. The second kappa shape index (κ2) is 11.6. The van der Waals surface area contributed by atoms with E-state index in [1.165, 1.54) is 60.3 Å². The molecule has 0 spiro atoms. The summed E-state index contributed by atoms with van der Waals surface area (Å²) in [6.07, 6.45) is 0. The predicted molar refractivity (Wildman–Crippen MR) is 231 cm³/mol. The normalized spacial score (nSPS) is 13.6. The van der Waals surface area contributed by atoms with Crippen molar-refractivity contribution in [2.75, 3.05) is 11.9 Å². The number of anilines is 1. The number of fused-ring (bicyclic) bond motifs is 11. The zero-order valence-corrected chi connectivity index (χ0v) is 30.7. The fourth-order valence-electron chi connectivity index (χ4n) is 9.74. The Labute approximate surface area is 323 Å². The third-order valence-electron chi connectivity index (χ3n) is 12.1. The number of para-hydroxylation sites is 5. The summed E-state index contributed by atoms with van der Waals surface area (Å²) >= 11 is 0. The van der Waals surface area contributed by atoms with Crippen molar-refractivity contribution in [2.45, 2.75) is 5.54 Å². The van der Waals surface area contributed by atoms with Crippen LogP contribution in [0, 0.1) is 0 Å². The molecular formula is C51H35N5. The van der Waals surface area contributed by atoms with Gasteiger partial charge >= 0.3 is 0 Å². The number of nitrogens with zero attached hydrogens (tertiary/aromatic N) is 5. The van der Waals surface area contributed by atoms with E-state index >= 15 is 0 Å². The van der Waals surface area contributed by atoms with Gasteiger partial charge in [0.1, 0.15) is 5.54 Å². The van der Waals surface area contributed by atoms with E-state index in [4.69, 9.17) is 4.98 Å². The second-order valence-electron chi connectivity index (χ2n) is 14.9. The summed E-state index contributed by atoms with van der Waals surface area (Å²) in [5, 5.41) is 4.97. The third kappa shape index (κ3) is 4.06. The van der Waals surface area contributed by atoms with Crippen molar-refractivity contribution < 1.29 is 0 Å². The summed E-state index contributed by atoms with van der Waals surface area (Å²) in [7, 11) is 2.20. The molecule has 0 saturated carbocycles. The molecule has 264 valence electrons. The Morgan fingerprint density at radius 2 is 0.911 bits per heavy atom. The molecule has 0 unspecified atom stereocenters. The van der Waals surface area contributed by atoms with Gasteiger partial charge in [0.25, 0.3) is 0 Å². The highest BCUT2D eigenvalue weighted by atomic mass is 15.4. The lowest BCUT2D eigenvalue weighted by Gasteiger charge is -2.48. The van der Waals surface area contributed by atoms with Gasteiger partial charge in [-0.1, -0.05) is 127 Å². The number of hydrogen-bond donors (Lipinski definition) is 0. The van der Waals surface area contributed by atoms with Crippen LogP contribution in [0.15, 0.2) is 194 Å². The molecule has 0 radical (unpaired) electrons. The minimum absolute atomic E-state index is 0.684. The molecule has 5 nitrogen and oxygen atoms in total. The molecule has 0 N–H and O–H groups in total. The number of benzene rings is 8. The molecule has 0 saturated heterocycles. The molecule has 0 fully saturated rings. The Bertz CT molecular complexity index is 3280. The zero-order chi connectivity index (χ0) is 37.0. The average molecular weight is 718 g/mol. The lowest BCUT2D eigenvalue weighted by Crippen LogP contribution is -2.50. The Kier molecular flexibility index (Phi) is 6.41. The molecule has 1 aliphatic rings. The van der Waals surface area contributed by atoms with Gasteiger partial charge in [-0.05, 0) is 77.9 Å². The minimum Gasteiger partial charge on any atom is -0.327 e. The maximum atomic E-state index is 5.30. The van der Waals surface area contributed by atoms with Crippen molar-refractivity contribution in [3.05, 3.63) is 211 Å². The summed E-state index contributed by atoms with van der Waals surface area (Å²) < 4.78 is 7.22. The summed E-state index contributed by atoms with van der Waals surface area (Å²) in [6, 6.07) is 70.6. The number of hydrogen-bond acceptors (Lipinski definition) is 2. The van der Waals surface area contributed by atoms with E-state index in [-0.39, 0.29) is 0 Å². The van der Waals surface area contributed by atoms with E-state index in [1.54, 1.807) is 0 Å². The van der Waals surface area contributed by atoms with Crippen LogP contribution in [0.3, 0.4) is 0 Å². The highest BCUT2D eigenvalue weighted by molar-refractivity contribution is 6.19. The Hall–Kier alpha value is -7.37. The Balaban J connectivity index is 1.22. The molecule has 8 aromatic carbocycles. The van der Waals surface area contributed by atoms with Crippen LogP contribution >= 0.6 is 0 Å². The molecule has 12 rings (SSSR count). The first-order chi connectivity index (χ1) is 27.7. The van der Waals surface area contributed by atoms with Gasteiger partial charge < -0.3 is 14.0 Å². The molecule has 4 heterocycles. The van der Waals surface area contributed by atoms with Gasteiger partial charge in [-0.15, -0.1) is 0 Å². The lowest BCUT2D eigenvalue weighted by atomic mass is 9.74. The average Bonchev–Trinajstić information content (AvgIpc) is 3.92. The Morgan fingerprint density at radius 1 is 0.393 bits per heavy atom. The zero-order valence-electron chi connectivity index (χ0n) is 30.7. The van der Waals surface area contributed by atoms with E-state index < -0.39 is 5.54 Å². The topological polar surface area (TPSA) is 30.9 Å². The lowest BCUT2D eigenvalue weighted by molar-refractivity contribution is 0.564. The monoisotopic (exact) mass is 717 g/mol. The van der Waals surface area contributed by atoms with Gasteiger partial charge in [0, 0.05) is 45.5 Å². The highest BCUT2D eigenvalue weighted by Gasteiger charge is 2.47. The quantitative estimate of drug-likeness (QED) is 0.181. The smallest absolute Gasteiger partial charge is 0.212 e. The van der Waals surface area contributed by atoms with Crippen molar-refractivity contribution in [1.29, 1.82) is 0 Å². The standard InChI is InChI=1S/C51H35N5/c1-53-50-52-43-25-13-16-28-47(43)56(50)46-30-29-37(31-42(46)51(53,34-17-5-2-6-18-34)35-19-7-3-8-20-35)55-45-27-15-12-24-39(45)41-32-40-38-23-11-14-26-44(38)54(48(40)33-49(41)55)36-21-9-4-10-22-36/h2-33H,1H3. The van der Waals surface area contributed by atoms with E-state index in [0.717, 1.165) is 34.0 Å². The fraction of sp³-hybridized carbons (Fsp3) is 0.0392. The van der Waals surface area contributed by atoms with Crippen molar-refractivity contribution in [3.8, 4) is 17.1 Å². The number of imidazole rings is 1. The van der Waals surface area contributed by atoms with Gasteiger partial charge in [-0.25, -0.2) is 4.98 Å². The van der Waals surface area contributed by atoms with E-state index in [0.29, 0.717) is 0 Å². The van der Waals surface area contributed by atoms with Crippen LogP contribution in [0.25, 0.3) is 71.7 Å². The van der Waals surface area contributed by atoms with Gasteiger partial charge in [0.2, 0.25) is 5.95 Å². The molecule has 3 aromatic heterocycles. The van der Waals surface area contributed by atoms with Gasteiger partial charge in [0.15, 0.2) is 0 Å². The molecule has 0 bridgehead atoms. The highest BCUT2D eigenvalue weighted by Crippen LogP contribution is 2.51. The first-order valence-electron chi connectivity index (χ1n) is 19.2. The number of aromatic nitrogens is 4. The second-order valence-corrected chi connectivity index (χ2v) is 14.9. The maximum absolute atomic E-state index is 5.30. The first-order valence-corrected chi connectivity index (χ1v) is 19.2. The molecular weight excluding hydrogens is 683 g/mol. The molecule has 0 aliphatic carbocycles. The van der Waals surface area contributed by atoms with Crippen LogP contribution in [0.1, 0.15) is 16.7 Å².